The molecule has 0 aliphatic rings. The molecule has 108 valence electrons. The monoisotopic (exact) mass is 286 g/mol. The van der Waals surface area contributed by atoms with Crippen molar-refractivity contribution in [3.05, 3.63) is 72.4 Å². The van der Waals surface area contributed by atoms with Crippen molar-refractivity contribution in [1.82, 2.24) is 9.55 Å². The number of para-hydroxylation sites is 1. The van der Waals surface area contributed by atoms with E-state index >= 15 is 0 Å². The molecule has 0 N–H and O–H groups in total. The zero-order valence-corrected chi connectivity index (χ0v) is 12.8. The van der Waals surface area contributed by atoms with Crippen molar-refractivity contribution in [2.24, 2.45) is 0 Å². The predicted molar refractivity (Wildman–Crippen MR) is 92.7 cm³/mol. The van der Waals surface area contributed by atoms with Gasteiger partial charge in [0.1, 0.15) is 5.82 Å². The molecule has 4 rings (SSSR count). The molecule has 0 amide bonds. The molecule has 2 aromatic heterocycles. The number of rotatable bonds is 2. The molecule has 2 aromatic carbocycles. The second-order valence-corrected chi connectivity index (χ2v) is 5.97. The smallest absolute Gasteiger partial charge is 0.137 e. The zero-order chi connectivity index (χ0) is 15.1. The molecule has 22 heavy (non-hydrogen) atoms. The Morgan fingerprint density at radius 3 is 2.36 bits per heavy atom. The molecule has 0 saturated heterocycles. The fraction of sp³-hybridized carbons (Fsp3) is 0.150. The Hall–Kier alpha value is -2.61. The summed E-state index contributed by atoms with van der Waals surface area (Å²) in [5.74, 6) is 1.49. The van der Waals surface area contributed by atoms with E-state index in [1.807, 2.05) is 18.3 Å². The number of aromatic nitrogens is 2. The Balaban J connectivity index is 2.14. The average molecular weight is 286 g/mol. The van der Waals surface area contributed by atoms with E-state index in [1.165, 1.54) is 27.4 Å². The summed E-state index contributed by atoms with van der Waals surface area (Å²) in [6, 6.07) is 21.4. The van der Waals surface area contributed by atoms with Crippen LogP contribution in [0.5, 0.6) is 0 Å². The third-order valence-corrected chi connectivity index (χ3v) is 4.24. The summed E-state index contributed by atoms with van der Waals surface area (Å²) < 4.78 is 2.24. The first-order chi connectivity index (χ1) is 10.8. The molecule has 2 heteroatoms. The second kappa shape index (κ2) is 4.99. The van der Waals surface area contributed by atoms with Crippen molar-refractivity contribution in [3.63, 3.8) is 0 Å². The van der Waals surface area contributed by atoms with E-state index in [9.17, 15) is 0 Å². The van der Waals surface area contributed by atoms with Gasteiger partial charge in [0.2, 0.25) is 0 Å². The first-order valence-electron chi connectivity index (χ1n) is 7.70. The third-order valence-electron chi connectivity index (χ3n) is 4.24. The molecule has 4 aromatic rings. The molecular formula is C20H18N2. The number of pyridine rings is 1. The van der Waals surface area contributed by atoms with E-state index in [0.29, 0.717) is 5.92 Å². The van der Waals surface area contributed by atoms with E-state index in [1.54, 1.807) is 0 Å². The largest absolute Gasteiger partial charge is 0.294 e. The van der Waals surface area contributed by atoms with Gasteiger partial charge in [-0.3, -0.25) is 4.57 Å². The summed E-state index contributed by atoms with van der Waals surface area (Å²) in [5.41, 5.74) is 3.79. The van der Waals surface area contributed by atoms with Crippen LogP contribution in [0.3, 0.4) is 0 Å². The lowest BCUT2D eigenvalue weighted by molar-refractivity contribution is 0.868. The van der Waals surface area contributed by atoms with Crippen LogP contribution in [0.2, 0.25) is 0 Å². The molecule has 0 unspecified atom stereocenters. The van der Waals surface area contributed by atoms with Gasteiger partial charge in [-0.2, -0.15) is 0 Å². The van der Waals surface area contributed by atoms with Crippen LogP contribution < -0.4 is 0 Å². The topological polar surface area (TPSA) is 17.8 Å². The lowest BCUT2D eigenvalue weighted by Crippen LogP contribution is -1.96. The highest BCUT2D eigenvalue weighted by Gasteiger charge is 2.13. The SMILES string of the molecule is CC(C)c1ccc2c(c1)c1ccccc1n2-c1ccccn1. The minimum absolute atomic E-state index is 0.529. The summed E-state index contributed by atoms with van der Waals surface area (Å²) in [4.78, 5) is 4.54. The fourth-order valence-electron chi connectivity index (χ4n) is 3.08. The van der Waals surface area contributed by atoms with Gasteiger partial charge in [0.25, 0.3) is 0 Å². The quantitative estimate of drug-likeness (QED) is 0.489. The maximum atomic E-state index is 4.54. The molecule has 0 atom stereocenters. The molecule has 0 aliphatic carbocycles. The van der Waals surface area contributed by atoms with Crippen LogP contribution in [0, 0.1) is 0 Å². The van der Waals surface area contributed by atoms with Gasteiger partial charge in [-0.25, -0.2) is 4.98 Å². The van der Waals surface area contributed by atoms with Crippen molar-refractivity contribution in [2.45, 2.75) is 19.8 Å². The van der Waals surface area contributed by atoms with Crippen molar-refractivity contribution in [1.29, 1.82) is 0 Å². The van der Waals surface area contributed by atoms with Crippen LogP contribution in [0.15, 0.2) is 66.9 Å². The normalized spacial score (nSPS) is 11.6. The molecular weight excluding hydrogens is 268 g/mol. The number of nitrogens with zero attached hydrogens (tertiary/aromatic N) is 2. The van der Waals surface area contributed by atoms with Crippen molar-refractivity contribution >= 4 is 21.8 Å². The third kappa shape index (κ3) is 1.92. The Labute approximate surface area is 130 Å². The van der Waals surface area contributed by atoms with Gasteiger partial charge in [0.15, 0.2) is 0 Å². The summed E-state index contributed by atoms with van der Waals surface area (Å²) in [7, 11) is 0. The molecule has 0 spiro atoms. The van der Waals surface area contributed by atoms with Crippen LogP contribution in [0.4, 0.5) is 0 Å². The Morgan fingerprint density at radius 2 is 1.59 bits per heavy atom. The van der Waals surface area contributed by atoms with E-state index < -0.39 is 0 Å². The highest BCUT2D eigenvalue weighted by Crippen LogP contribution is 2.33. The van der Waals surface area contributed by atoms with Crippen molar-refractivity contribution in [3.8, 4) is 5.82 Å². The maximum absolute atomic E-state index is 4.54. The van der Waals surface area contributed by atoms with Crippen LogP contribution >= 0.6 is 0 Å². The van der Waals surface area contributed by atoms with E-state index in [0.717, 1.165) is 5.82 Å². The number of hydrogen-bond acceptors (Lipinski definition) is 1. The van der Waals surface area contributed by atoms with Crippen LogP contribution in [-0.4, -0.2) is 9.55 Å². The van der Waals surface area contributed by atoms with Gasteiger partial charge in [-0.1, -0.05) is 44.2 Å². The lowest BCUT2D eigenvalue weighted by Gasteiger charge is -2.08. The van der Waals surface area contributed by atoms with Crippen molar-refractivity contribution in [2.75, 3.05) is 0 Å². The molecule has 0 aliphatic heterocycles. The summed E-state index contributed by atoms with van der Waals surface area (Å²) in [6.45, 7) is 4.47. The van der Waals surface area contributed by atoms with Crippen LogP contribution in [0.1, 0.15) is 25.3 Å². The van der Waals surface area contributed by atoms with Crippen LogP contribution in [0.25, 0.3) is 27.6 Å². The van der Waals surface area contributed by atoms with Gasteiger partial charge in [-0.15, -0.1) is 0 Å². The number of benzene rings is 2. The first-order valence-corrected chi connectivity index (χ1v) is 7.70. The highest BCUT2D eigenvalue weighted by atomic mass is 15.1. The number of fused-ring (bicyclic) bond motifs is 3. The predicted octanol–water partition coefficient (Wildman–Crippen LogP) is 5.30. The average Bonchev–Trinajstić information content (AvgIpc) is 2.89. The molecule has 0 radical (unpaired) electrons. The van der Waals surface area contributed by atoms with E-state index in [-0.39, 0.29) is 0 Å². The standard InChI is InChI=1S/C20H18N2/c1-14(2)15-10-11-19-17(13-15)16-7-3-4-8-18(16)22(19)20-9-5-6-12-21-20/h3-14H,1-2H3. The van der Waals surface area contributed by atoms with Gasteiger partial charge in [0.05, 0.1) is 11.0 Å². The lowest BCUT2D eigenvalue weighted by atomic mass is 10.0. The highest BCUT2D eigenvalue weighted by molar-refractivity contribution is 6.09. The Bertz CT molecular complexity index is 949. The van der Waals surface area contributed by atoms with E-state index in [2.05, 4.69) is 71.9 Å². The van der Waals surface area contributed by atoms with Gasteiger partial charge in [0, 0.05) is 17.0 Å². The second-order valence-electron chi connectivity index (χ2n) is 5.97. The molecule has 2 nitrogen and oxygen atoms in total. The number of hydrogen-bond donors (Lipinski definition) is 0. The summed E-state index contributed by atoms with van der Waals surface area (Å²) >= 11 is 0. The Kier molecular flexibility index (Phi) is 2.97. The maximum Gasteiger partial charge on any atom is 0.137 e. The molecule has 0 saturated carbocycles. The summed E-state index contributed by atoms with van der Waals surface area (Å²) in [6.07, 6.45) is 1.85. The minimum Gasteiger partial charge on any atom is -0.294 e. The zero-order valence-electron chi connectivity index (χ0n) is 12.8. The minimum atomic E-state index is 0.529. The molecule has 0 bridgehead atoms. The fourth-order valence-corrected chi connectivity index (χ4v) is 3.08. The van der Waals surface area contributed by atoms with E-state index in [4.69, 9.17) is 0 Å². The molecule has 2 heterocycles. The van der Waals surface area contributed by atoms with Crippen LogP contribution in [-0.2, 0) is 0 Å². The van der Waals surface area contributed by atoms with Crippen molar-refractivity contribution < 1.29 is 0 Å². The Morgan fingerprint density at radius 1 is 0.818 bits per heavy atom. The van der Waals surface area contributed by atoms with Gasteiger partial charge in [-0.05, 0) is 41.8 Å². The summed E-state index contributed by atoms with van der Waals surface area (Å²) in [5, 5.41) is 2.58. The molecule has 0 fully saturated rings. The van der Waals surface area contributed by atoms with Gasteiger partial charge >= 0.3 is 0 Å². The first kappa shape index (κ1) is 13.1. The van der Waals surface area contributed by atoms with Gasteiger partial charge < -0.3 is 0 Å².